The lowest BCUT2D eigenvalue weighted by Gasteiger charge is -2.35. The van der Waals surface area contributed by atoms with E-state index in [1.54, 1.807) is 13.0 Å². The number of para-hydroxylation sites is 1. The lowest BCUT2D eigenvalue weighted by molar-refractivity contribution is 0.0736. The fourth-order valence-electron chi connectivity index (χ4n) is 3.68. The highest BCUT2D eigenvalue weighted by atomic mass is 16.5. The Hall–Kier alpha value is -3.09. The largest absolute Gasteiger partial charge is 0.365 e. The summed E-state index contributed by atoms with van der Waals surface area (Å²) in [6, 6.07) is 11.8. The Kier molecular flexibility index (Phi) is 4.43. The highest BCUT2D eigenvalue weighted by Crippen LogP contribution is 2.27. The average Bonchev–Trinajstić information content (AvgIpc) is 3.25. The molecule has 3 aromatic rings. The predicted octanol–water partition coefficient (Wildman–Crippen LogP) is 2.75. The minimum absolute atomic E-state index is 0.0695. The monoisotopic (exact) mass is 365 g/mol. The molecule has 0 unspecified atom stereocenters. The first kappa shape index (κ1) is 17.3. The van der Waals surface area contributed by atoms with Crippen LogP contribution in [-0.4, -0.2) is 51.9 Å². The van der Waals surface area contributed by atoms with Gasteiger partial charge in [-0.15, -0.1) is 0 Å². The fraction of sp³-hybridized carbons (Fsp3) is 0.350. The molecule has 1 aliphatic rings. The van der Waals surface area contributed by atoms with Crippen molar-refractivity contribution in [1.29, 1.82) is 0 Å². The quantitative estimate of drug-likeness (QED) is 0.714. The van der Waals surface area contributed by atoms with Crippen molar-refractivity contribution in [3.63, 3.8) is 0 Å². The van der Waals surface area contributed by atoms with Crippen LogP contribution in [0.15, 0.2) is 40.9 Å². The van der Waals surface area contributed by atoms with E-state index < -0.39 is 0 Å². The predicted molar refractivity (Wildman–Crippen MR) is 102 cm³/mol. The Balaban J connectivity index is 1.50. The highest BCUT2D eigenvalue weighted by Gasteiger charge is 2.27. The zero-order valence-electron chi connectivity index (χ0n) is 15.8. The van der Waals surface area contributed by atoms with E-state index in [-0.39, 0.29) is 5.91 Å². The summed E-state index contributed by atoms with van der Waals surface area (Å²) < 4.78 is 7.01. The van der Waals surface area contributed by atoms with Gasteiger partial charge in [0.25, 0.3) is 5.91 Å². The normalized spacial score (nSPS) is 14.6. The van der Waals surface area contributed by atoms with Gasteiger partial charge in [-0.3, -0.25) is 4.79 Å². The van der Waals surface area contributed by atoms with E-state index in [0.29, 0.717) is 24.5 Å². The number of carbonyl (C=O) groups is 1. The summed E-state index contributed by atoms with van der Waals surface area (Å²) >= 11 is 0. The van der Waals surface area contributed by atoms with Crippen LogP contribution in [0.1, 0.15) is 27.6 Å². The molecule has 7 nitrogen and oxygen atoms in total. The zero-order valence-corrected chi connectivity index (χ0v) is 15.8. The van der Waals surface area contributed by atoms with Gasteiger partial charge in [-0.25, -0.2) is 4.68 Å². The van der Waals surface area contributed by atoms with Crippen LogP contribution in [-0.2, 0) is 0 Å². The van der Waals surface area contributed by atoms with Crippen molar-refractivity contribution >= 4 is 11.6 Å². The highest BCUT2D eigenvalue weighted by molar-refractivity contribution is 5.92. The summed E-state index contributed by atoms with van der Waals surface area (Å²) in [7, 11) is 0. The van der Waals surface area contributed by atoms with Gasteiger partial charge in [0.1, 0.15) is 5.76 Å². The first-order valence-corrected chi connectivity index (χ1v) is 9.14. The van der Waals surface area contributed by atoms with E-state index in [1.165, 1.54) is 0 Å². The molecule has 1 aliphatic heterocycles. The minimum atomic E-state index is -0.0695. The third-order valence-corrected chi connectivity index (χ3v) is 4.98. The van der Waals surface area contributed by atoms with Gasteiger partial charge in [-0.2, -0.15) is 5.10 Å². The zero-order chi connectivity index (χ0) is 19.0. The van der Waals surface area contributed by atoms with Crippen LogP contribution in [0.3, 0.4) is 0 Å². The number of rotatable bonds is 3. The van der Waals surface area contributed by atoms with Gasteiger partial charge in [0.05, 0.1) is 22.8 Å². The molecule has 7 heteroatoms. The first-order valence-electron chi connectivity index (χ1n) is 9.14. The van der Waals surface area contributed by atoms with Crippen LogP contribution in [0.25, 0.3) is 5.69 Å². The molecule has 27 heavy (non-hydrogen) atoms. The number of anilines is 1. The number of benzene rings is 1. The molecular formula is C20H23N5O2. The van der Waals surface area contributed by atoms with E-state index in [1.807, 2.05) is 34.7 Å². The van der Waals surface area contributed by atoms with Crippen molar-refractivity contribution < 1.29 is 9.32 Å². The Labute approximate surface area is 158 Å². The smallest absolute Gasteiger partial charge is 0.276 e. The SMILES string of the molecule is Cc1cc(C(=O)N2CCN(c3c(C)nn(-c4ccccc4)c3C)CC2)no1. The van der Waals surface area contributed by atoms with E-state index >= 15 is 0 Å². The van der Waals surface area contributed by atoms with E-state index in [0.717, 1.165) is 35.9 Å². The summed E-state index contributed by atoms with van der Waals surface area (Å²) in [5.41, 5.74) is 4.71. The van der Waals surface area contributed by atoms with Crippen LogP contribution in [0.2, 0.25) is 0 Å². The third-order valence-electron chi connectivity index (χ3n) is 4.98. The molecular weight excluding hydrogens is 342 g/mol. The van der Waals surface area contributed by atoms with Crippen LogP contribution in [0, 0.1) is 20.8 Å². The molecule has 1 amide bonds. The van der Waals surface area contributed by atoms with E-state index in [4.69, 9.17) is 9.62 Å². The number of aryl methyl sites for hydroxylation is 2. The summed E-state index contributed by atoms with van der Waals surface area (Å²) in [6.45, 7) is 8.77. The van der Waals surface area contributed by atoms with Crippen molar-refractivity contribution in [1.82, 2.24) is 19.8 Å². The molecule has 1 saturated heterocycles. The van der Waals surface area contributed by atoms with Gasteiger partial charge in [-0.05, 0) is 32.9 Å². The minimum Gasteiger partial charge on any atom is -0.365 e. The van der Waals surface area contributed by atoms with E-state index in [2.05, 4.69) is 29.1 Å². The molecule has 0 N–H and O–H groups in total. The lowest BCUT2D eigenvalue weighted by Crippen LogP contribution is -2.49. The molecule has 0 saturated carbocycles. The summed E-state index contributed by atoms with van der Waals surface area (Å²) in [6.07, 6.45) is 0. The maximum atomic E-state index is 12.5. The number of piperazine rings is 1. The van der Waals surface area contributed by atoms with Gasteiger partial charge >= 0.3 is 0 Å². The van der Waals surface area contributed by atoms with Crippen LogP contribution < -0.4 is 4.90 Å². The Morgan fingerprint density at radius 3 is 2.37 bits per heavy atom. The topological polar surface area (TPSA) is 67.4 Å². The van der Waals surface area contributed by atoms with Crippen molar-refractivity contribution in [2.75, 3.05) is 31.1 Å². The van der Waals surface area contributed by atoms with Gasteiger partial charge in [-0.1, -0.05) is 23.4 Å². The van der Waals surface area contributed by atoms with Gasteiger partial charge in [0.15, 0.2) is 5.69 Å². The summed E-state index contributed by atoms with van der Waals surface area (Å²) in [5.74, 6) is 0.580. The van der Waals surface area contributed by atoms with Crippen LogP contribution in [0.4, 0.5) is 5.69 Å². The van der Waals surface area contributed by atoms with Crippen molar-refractivity contribution in [3.05, 3.63) is 59.2 Å². The van der Waals surface area contributed by atoms with E-state index in [9.17, 15) is 4.79 Å². The maximum absolute atomic E-state index is 12.5. The molecule has 0 bridgehead atoms. The molecule has 1 fully saturated rings. The molecule has 1 aromatic carbocycles. The molecule has 140 valence electrons. The number of hydrogen-bond acceptors (Lipinski definition) is 5. The molecule has 0 aliphatic carbocycles. The Morgan fingerprint density at radius 2 is 1.74 bits per heavy atom. The molecule has 2 aromatic heterocycles. The first-order chi connectivity index (χ1) is 13.0. The Morgan fingerprint density at radius 1 is 1.04 bits per heavy atom. The molecule has 3 heterocycles. The fourth-order valence-corrected chi connectivity index (χ4v) is 3.68. The van der Waals surface area contributed by atoms with Crippen LogP contribution >= 0.6 is 0 Å². The Bertz CT molecular complexity index is 952. The number of nitrogens with zero attached hydrogens (tertiary/aromatic N) is 5. The molecule has 0 spiro atoms. The van der Waals surface area contributed by atoms with Gasteiger partial charge in [0, 0.05) is 32.2 Å². The number of hydrogen-bond donors (Lipinski definition) is 0. The summed E-state index contributed by atoms with van der Waals surface area (Å²) in [5, 5.41) is 8.57. The van der Waals surface area contributed by atoms with Crippen LogP contribution in [0.5, 0.6) is 0 Å². The van der Waals surface area contributed by atoms with Crippen molar-refractivity contribution in [2.24, 2.45) is 0 Å². The number of carbonyl (C=O) groups excluding carboxylic acids is 1. The molecule has 4 rings (SSSR count). The second-order valence-electron chi connectivity index (χ2n) is 6.87. The van der Waals surface area contributed by atoms with Crippen molar-refractivity contribution in [2.45, 2.75) is 20.8 Å². The standard InChI is InChI=1S/C20H23N5O2/c1-14-13-18(22-27-14)20(26)24-11-9-23(10-12-24)19-15(2)21-25(16(19)3)17-7-5-4-6-8-17/h4-8,13H,9-12H2,1-3H3. The van der Waals surface area contributed by atoms with Gasteiger partial charge < -0.3 is 14.3 Å². The number of amides is 1. The second-order valence-corrected chi connectivity index (χ2v) is 6.87. The molecule has 0 radical (unpaired) electrons. The summed E-state index contributed by atoms with van der Waals surface area (Å²) in [4.78, 5) is 16.7. The lowest BCUT2D eigenvalue weighted by atomic mass is 10.2. The number of aromatic nitrogens is 3. The third kappa shape index (κ3) is 3.20. The average molecular weight is 365 g/mol. The van der Waals surface area contributed by atoms with Gasteiger partial charge in [0.2, 0.25) is 0 Å². The second kappa shape index (κ2) is 6.90. The maximum Gasteiger partial charge on any atom is 0.276 e. The van der Waals surface area contributed by atoms with Crippen molar-refractivity contribution in [3.8, 4) is 5.69 Å². The molecule has 0 atom stereocenters.